The Kier molecular flexibility index (Phi) is 5.21. The first kappa shape index (κ1) is 16.1. The average molecular weight is 327 g/mol. The second kappa shape index (κ2) is 7.13. The van der Waals surface area contributed by atoms with Gasteiger partial charge in [-0.25, -0.2) is 9.59 Å². The van der Waals surface area contributed by atoms with Crippen molar-refractivity contribution in [1.29, 1.82) is 0 Å². The van der Waals surface area contributed by atoms with Crippen molar-refractivity contribution in [2.75, 3.05) is 24.6 Å². The molecule has 0 saturated carbocycles. The molecule has 0 spiro atoms. The normalized spacial score (nSPS) is 17.1. The fraction of sp³-hybridized carbons (Fsp3) is 0.357. The Bertz CT molecular complexity index is 575. The van der Waals surface area contributed by atoms with Crippen LogP contribution in [0.1, 0.15) is 6.92 Å². The van der Waals surface area contributed by atoms with Gasteiger partial charge in [0.05, 0.1) is 19.7 Å². The second-order valence-electron chi connectivity index (χ2n) is 4.52. The molecule has 7 nitrogen and oxygen atoms in total. The van der Waals surface area contributed by atoms with Crippen LogP contribution in [0.25, 0.3) is 0 Å². The molecule has 2 rings (SSSR count). The van der Waals surface area contributed by atoms with Crippen LogP contribution in [0.5, 0.6) is 0 Å². The van der Waals surface area contributed by atoms with Gasteiger partial charge in [-0.3, -0.25) is 9.69 Å². The van der Waals surface area contributed by atoms with Crippen molar-refractivity contribution in [3.8, 4) is 0 Å². The molecule has 1 heterocycles. The van der Waals surface area contributed by atoms with E-state index in [1.54, 1.807) is 31.2 Å². The number of rotatable bonds is 4. The summed E-state index contributed by atoms with van der Waals surface area (Å²) in [5, 5.41) is 2.94. The number of benzene rings is 1. The quantitative estimate of drug-likeness (QED) is 0.666. The molecule has 1 aromatic rings. The number of carbonyl (C=O) groups excluding carboxylic acids is 3. The van der Waals surface area contributed by atoms with Crippen LogP contribution in [0.3, 0.4) is 0 Å². The van der Waals surface area contributed by atoms with E-state index < -0.39 is 24.1 Å². The minimum absolute atomic E-state index is 0.0352. The van der Waals surface area contributed by atoms with E-state index in [0.29, 0.717) is 10.7 Å². The summed E-state index contributed by atoms with van der Waals surface area (Å²) < 4.78 is 9.70. The van der Waals surface area contributed by atoms with Crippen molar-refractivity contribution in [2.45, 2.75) is 13.0 Å². The second-order valence-corrected chi connectivity index (χ2v) is 4.96. The molecule has 0 aliphatic carbocycles. The maximum Gasteiger partial charge on any atom is 0.414 e. The number of nitrogens with one attached hydrogen (secondary N) is 1. The zero-order chi connectivity index (χ0) is 16.1. The Balaban J connectivity index is 1.88. The van der Waals surface area contributed by atoms with Crippen LogP contribution in [0.15, 0.2) is 24.3 Å². The van der Waals surface area contributed by atoms with Gasteiger partial charge in [-0.2, -0.15) is 0 Å². The third-order valence-electron chi connectivity index (χ3n) is 2.96. The van der Waals surface area contributed by atoms with E-state index in [-0.39, 0.29) is 19.7 Å². The lowest BCUT2D eigenvalue weighted by molar-refractivity contribution is -0.154. The van der Waals surface area contributed by atoms with Crippen LogP contribution in [-0.4, -0.2) is 43.8 Å². The van der Waals surface area contributed by atoms with Crippen LogP contribution < -0.4 is 10.2 Å². The molecule has 1 unspecified atom stereocenters. The number of cyclic esters (lactones) is 1. The van der Waals surface area contributed by atoms with Crippen LogP contribution in [0, 0.1) is 0 Å². The van der Waals surface area contributed by atoms with Gasteiger partial charge in [0.2, 0.25) is 0 Å². The highest BCUT2D eigenvalue weighted by Gasteiger charge is 2.32. The fourth-order valence-corrected chi connectivity index (χ4v) is 2.06. The maximum atomic E-state index is 11.8. The number of amides is 2. The SMILES string of the molecule is CCOC(=O)C(=O)NCC1CN(c2ccc(Cl)cc2)C(=O)O1. The average Bonchev–Trinajstić information content (AvgIpc) is 2.87. The number of carbonyl (C=O) groups is 3. The summed E-state index contributed by atoms with van der Waals surface area (Å²) in [5.74, 6) is -1.82. The highest BCUT2D eigenvalue weighted by Crippen LogP contribution is 2.23. The zero-order valence-electron chi connectivity index (χ0n) is 11.9. The number of nitrogens with zero attached hydrogens (tertiary/aromatic N) is 1. The zero-order valence-corrected chi connectivity index (χ0v) is 12.6. The predicted molar refractivity (Wildman–Crippen MR) is 78.7 cm³/mol. The summed E-state index contributed by atoms with van der Waals surface area (Å²) in [4.78, 5) is 35.8. The van der Waals surface area contributed by atoms with Crippen LogP contribution in [0.4, 0.5) is 10.5 Å². The highest BCUT2D eigenvalue weighted by molar-refractivity contribution is 6.32. The van der Waals surface area contributed by atoms with Gasteiger partial charge < -0.3 is 14.8 Å². The van der Waals surface area contributed by atoms with Crippen molar-refractivity contribution in [1.82, 2.24) is 5.32 Å². The third-order valence-corrected chi connectivity index (χ3v) is 3.22. The van der Waals surface area contributed by atoms with Gasteiger partial charge in [-0.05, 0) is 31.2 Å². The molecular formula is C14H15ClN2O5. The molecule has 1 N–H and O–H groups in total. The summed E-state index contributed by atoms with van der Waals surface area (Å²) in [6.07, 6.45) is -1.06. The van der Waals surface area contributed by atoms with Crippen molar-refractivity contribution in [2.24, 2.45) is 0 Å². The highest BCUT2D eigenvalue weighted by atomic mass is 35.5. The summed E-state index contributed by atoms with van der Waals surface area (Å²) in [5.41, 5.74) is 0.647. The molecule has 1 atom stereocenters. The van der Waals surface area contributed by atoms with E-state index in [4.69, 9.17) is 16.3 Å². The van der Waals surface area contributed by atoms with Gasteiger partial charge in [0, 0.05) is 10.7 Å². The molecule has 1 saturated heterocycles. The lowest BCUT2D eigenvalue weighted by Gasteiger charge is -2.13. The van der Waals surface area contributed by atoms with Crippen molar-refractivity contribution >= 4 is 35.3 Å². The Hall–Kier alpha value is -2.28. The van der Waals surface area contributed by atoms with Gasteiger partial charge in [-0.15, -0.1) is 0 Å². The molecule has 0 bridgehead atoms. The van der Waals surface area contributed by atoms with Crippen LogP contribution in [0.2, 0.25) is 5.02 Å². The minimum atomic E-state index is -0.957. The van der Waals surface area contributed by atoms with E-state index in [1.165, 1.54) is 4.90 Å². The van der Waals surface area contributed by atoms with Crippen molar-refractivity contribution in [3.05, 3.63) is 29.3 Å². The molecule has 118 valence electrons. The molecule has 2 amide bonds. The van der Waals surface area contributed by atoms with Gasteiger partial charge in [-0.1, -0.05) is 11.6 Å². The Morgan fingerprint density at radius 3 is 2.73 bits per heavy atom. The van der Waals surface area contributed by atoms with E-state index >= 15 is 0 Å². The number of halogens is 1. The smallest absolute Gasteiger partial charge is 0.414 e. The van der Waals surface area contributed by atoms with E-state index in [2.05, 4.69) is 10.1 Å². The Labute approximate surface area is 132 Å². The lowest BCUT2D eigenvalue weighted by Crippen LogP contribution is -2.39. The maximum absolute atomic E-state index is 11.8. The molecule has 1 aromatic carbocycles. The standard InChI is InChI=1S/C14H15ClN2O5/c1-2-21-13(19)12(18)16-7-11-8-17(14(20)22-11)10-5-3-9(15)4-6-10/h3-6,11H,2,7-8H2,1H3,(H,16,18). The molecule has 22 heavy (non-hydrogen) atoms. The van der Waals surface area contributed by atoms with E-state index in [9.17, 15) is 14.4 Å². The van der Waals surface area contributed by atoms with Crippen LogP contribution >= 0.6 is 11.6 Å². The van der Waals surface area contributed by atoms with Gasteiger partial charge in [0.1, 0.15) is 6.10 Å². The molecule has 1 aliphatic heterocycles. The first-order chi connectivity index (χ1) is 10.5. The number of hydrogen-bond acceptors (Lipinski definition) is 5. The molecule has 0 radical (unpaired) electrons. The van der Waals surface area contributed by atoms with Gasteiger partial charge in [0.25, 0.3) is 0 Å². The summed E-state index contributed by atoms with van der Waals surface area (Å²) in [7, 11) is 0. The number of ether oxygens (including phenoxy) is 2. The van der Waals surface area contributed by atoms with Crippen molar-refractivity contribution in [3.63, 3.8) is 0 Å². The largest absolute Gasteiger partial charge is 0.459 e. The molecule has 0 aromatic heterocycles. The Morgan fingerprint density at radius 2 is 2.09 bits per heavy atom. The van der Waals surface area contributed by atoms with Gasteiger partial charge >= 0.3 is 18.0 Å². The minimum Gasteiger partial charge on any atom is -0.459 e. The van der Waals surface area contributed by atoms with Crippen LogP contribution in [-0.2, 0) is 19.1 Å². The first-order valence-electron chi connectivity index (χ1n) is 6.70. The lowest BCUT2D eigenvalue weighted by atomic mass is 10.2. The Morgan fingerprint density at radius 1 is 1.41 bits per heavy atom. The molecular weight excluding hydrogens is 312 g/mol. The monoisotopic (exact) mass is 326 g/mol. The van der Waals surface area contributed by atoms with Crippen molar-refractivity contribution < 1.29 is 23.9 Å². The summed E-state index contributed by atoms with van der Waals surface area (Å²) in [6, 6.07) is 6.73. The molecule has 1 aliphatic rings. The first-order valence-corrected chi connectivity index (χ1v) is 7.07. The number of anilines is 1. The predicted octanol–water partition coefficient (Wildman–Crippen LogP) is 1.34. The fourth-order valence-electron chi connectivity index (χ4n) is 1.94. The van der Waals surface area contributed by atoms with E-state index in [0.717, 1.165) is 0 Å². The summed E-state index contributed by atoms with van der Waals surface area (Å²) >= 11 is 5.80. The van der Waals surface area contributed by atoms with E-state index in [1.807, 2.05) is 0 Å². The number of esters is 1. The molecule has 8 heteroatoms. The third kappa shape index (κ3) is 3.88. The van der Waals surface area contributed by atoms with Gasteiger partial charge in [0.15, 0.2) is 0 Å². The summed E-state index contributed by atoms with van der Waals surface area (Å²) in [6.45, 7) is 2.03. The molecule has 1 fully saturated rings. The topological polar surface area (TPSA) is 84.9 Å². The number of hydrogen-bond donors (Lipinski definition) is 1.